The number of para-hydroxylation sites is 1. The fraction of sp³-hybridized carbons (Fsp3) is 0.333. The molecule has 1 aromatic heterocycles. The van der Waals surface area contributed by atoms with Gasteiger partial charge in [0.1, 0.15) is 21.9 Å². The van der Waals surface area contributed by atoms with Crippen LogP contribution < -0.4 is 4.74 Å². The van der Waals surface area contributed by atoms with E-state index in [1.54, 1.807) is 6.07 Å². The first-order valence-electron chi connectivity index (χ1n) is 8.46. The van der Waals surface area contributed by atoms with Crippen LogP contribution in [0.1, 0.15) is 16.1 Å². The number of carbonyl (C=O) groups is 2. The van der Waals surface area contributed by atoms with Crippen LogP contribution >= 0.6 is 11.3 Å². The summed E-state index contributed by atoms with van der Waals surface area (Å²) in [5, 5.41) is 1.44. The lowest BCUT2D eigenvalue weighted by Gasteiger charge is -2.21. The number of nitrogens with zero attached hydrogens (tertiary/aromatic N) is 1. The van der Waals surface area contributed by atoms with E-state index in [0.717, 1.165) is 29.9 Å². The Hall–Kier alpha value is -2.50. The van der Waals surface area contributed by atoms with E-state index in [1.807, 2.05) is 0 Å². The van der Waals surface area contributed by atoms with Crippen LogP contribution in [0.5, 0.6) is 5.75 Å². The standard InChI is InChI=1S/C18H18FNO7S2/c1-25-17(21)13-9-11(27-14-6-4-3-5-12(14)19)10-20(13)29(23,24)15-7-8-28-16(15)18(22)26-2/h3-8,11,13H,9-10H2,1-2H3/t11-,13+/m0/s1. The highest BCUT2D eigenvalue weighted by Gasteiger charge is 2.47. The Morgan fingerprint density at radius 1 is 1.17 bits per heavy atom. The van der Waals surface area contributed by atoms with Crippen molar-refractivity contribution in [3.05, 3.63) is 46.4 Å². The molecular weight excluding hydrogens is 425 g/mol. The van der Waals surface area contributed by atoms with Crippen molar-refractivity contribution in [2.75, 3.05) is 20.8 Å². The Morgan fingerprint density at radius 3 is 2.55 bits per heavy atom. The molecule has 0 radical (unpaired) electrons. The number of sulfonamides is 1. The summed E-state index contributed by atoms with van der Waals surface area (Å²) >= 11 is 0.911. The van der Waals surface area contributed by atoms with Crippen LogP contribution in [0.15, 0.2) is 40.6 Å². The molecule has 1 aliphatic rings. The minimum absolute atomic E-state index is 0.0298. The van der Waals surface area contributed by atoms with Gasteiger partial charge in [0.2, 0.25) is 10.0 Å². The van der Waals surface area contributed by atoms with E-state index in [1.165, 1.54) is 29.6 Å². The van der Waals surface area contributed by atoms with Crippen LogP contribution in [0, 0.1) is 5.82 Å². The second-order valence-electron chi connectivity index (χ2n) is 6.13. The molecular formula is C18H18FNO7S2. The highest BCUT2D eigenvalue weighted by atomic mass is 32.2. The lowest BCUT2D eigenvalue weighted by molar-refractivity contribution is -0.144. The number of hydrogen-bond acceptors (Lipinski definition) is 8. The zero-order chi connectivity index (χ0) is 21.2. The molecule has 0 N–H and O–H groups in total. The summed E-state index contributed by atoms with van der Waals surface area (Å²) in [7, 11) is -1.97. The summed E-state index contributed by atoms with van der Waals surface area (Å²) in [6, 6.07) is 5.79. The third kappa shape index (κ3) is 4.11. The largest absolute Gasteiger partial charge is 0.486 e. The lowest BCUT2D eigenvalue weighted by Crippen LogP contribution is -2.41. The summed E-state index contributed by atoms with van der Waals surface area (Å²) in [5.74, 6) is -2.23. The van der Waals surface area contributed by atoms with E-state index in [-0.39, 0.29) is 28.5 Å². The van der Waals surface area contributed by atoms with Crippen LogP contribution in [0.25, 0.3) is 0 Å². The highest BCUT2D eigenvalue weighted by molar-refractivity contribution is 7.89. The molecule has 8 nitrogen and oxygen atoms in total. The van der Waals surface area contributed by atoms with Gasteiger partial charge in [0.15, 0.2) is 11.6 Å². The van der Waals surface area contributed by atoms with E-state index in [2.05, 4.69) is 4.74 Å². The molecule has 29 heavy (non-hydrogen) atoms. The molecule has 1 aliphatic heterocycles. The normalized spacial score (nSPS) is 19.7. The van der Waals surface area contributed by atoms with Gasteiger partial charge in [-0.2, -0.15) is 4.31 Å². The number of methoxy groups -OCH3 is 2. The molecule has 2 atom stereocenters. The van der Waals surface area contributed by atoms with Gasteiger partial charge in [-0.05, 0) is 23.6 Å². The fourth-order valence-corrected chi connectivity index (χ4v) is 5.99. The molecule has 1 fully saturated rings. The third-order valence-corrected chi connectivity index (χ3v) is 7.35. The van der Waals surface area contributed by atoms with Crippen LogP contribution in [0.3, 0.4) is 0 Å². The van der Waals surface area contributed by atoms with Crippen molar-refractivity contribution >= 4 is 33.3 Å². The van der Waals surface area contributed by atoms with E-state index < -0.39 is 39.9 Å². The zero-order valence-electron chi connectivity index (χ0n) is 15.5. The van der Waals surface area contributed by atoms with Crippen LogP contribution in [-0.2, 0) is 24.3 Å². The van der Waals surface area contributed by atoms with Gasteiger partial charge in [0, 0.05) is 6.42 Å². The molecule has 0 bridgehead atoms. The Balaban J connectivity index is 1.93. The maximum Gasteiger partial charge on any atom is 0.349 e. The van der Waals surface area contributed by atoms with Crippen LogP contribution in [0.2, 0.25) is 0 Å². The average molecular weight is 443 g/mol. The summed E-state index contributed by atoms with van der Waals surface area (Å²) < 4.78 is 56.2. The first kappa shape index (κ1) is 21.2. The quantitative estimate of drug-likeness (QED) is 0.630. The van der Waals surface area contributed by atoms with Crippen molar-refractivity contribution in [2.24, 2.45) is 0 Å². The van der Waals surface area contributed by atoms with Gasteiger partial charge in [-0.15, -0.1) is 11.3 Å². The molecule has 1 saturated heterocycles. The minimum atomic E-state index is -4.25. The molecule has 0 saturated carbocycles. The van der Waals surface area contributed by atoms with E-state index >= 15 is 0 Å². The molecule has 156 valence electrons. The monoisotopic (exact) mass is 443 g/mol. The van der Waals surface area contributed by atoms with Gasteiger partial charge in [0.25, 0.3) is 0 Å². The molecule has 3 rings (SSSR count). The fourth-order valence-electron chi connectivity index (χ4n) is 3.06. The van der Waals surface area contributed by atoms with Crippen molar-refractivity contribution in [1.29, 1.82) is 0 Å². The maximum atomic E-state index is 13.9. The number of ether oxygens (including phenoxy) is 3. The predicted octanol–water partition coefficient (Wildman–Crippen LogP) is 2.06. The summed E-state index contributed by atoms with van der Waals surface area (Å²) in [6.45, 7) is -0.215. The summed E-state index contributed by atoms with van der Waals surface area (Å²) in [4.78, 5) is 23.8. The number of benzene rings is 1. The van der Waals surface area contributed by atoms with Gasteiger partial charge in [-0.1, -0.05) is 12.1 Å². The number of halogens is 1. The Bertz CT molecular complexity index is 1020. The van der Waals surface area contributed by atoms with Crippen molar-refractivity contribution in [2.45, 2.75) is 23.5 Å². The first-order chi connectivity index (χ1) is 13.8. The Kier molecular flexibility index (Phi) is 6.20. The zero-order valence-corrected chi connectivity index (χ0v) is 17.2. The smallest absolute Gasteiger partial charge is 0.349 e. The van der Waals surface area contributed by atoms with Crippen molar-refractivity contribution in [3.8, 4) is 5.75 Å². The number of carbonyl (C=O) groups excluding carboxylic acids is 2. The molecule has 2 aromatic rings. The SMILES string of the molecule is COC(=O)c1sccc1S(=O)(=O)N1C[C@@H](Oc2ccccc2F)C[C@@H]1C(=O)OC. The minimum Gasteiger partial charge on any atom is -0.486 e. The van der Waals surface area contributed by atoms with Gasteiger partial charge < -0.3 is 14.2 Å². The summed E-state index contributed by atoms with van der Waals surface area (Å²) in [6.07, 6.45) is -0.816. The van der Waals surface area contributed by atoms with Gasteiger partial charge >= 0.3 is 11.9 Å². The molecule has 2 heterocycles. The van der Waals surface area contributed by atoms with Gasteiger partial charge in [-0.3, -0.25) is 4.79 Å². The predicted molar refractivity (Wildman–Crippen MR) is 101 cm³/mol. The second-order valence-corrected chi connectivity index (χ2v) is 8.90. The number of esters is 2. The van der Waals surface area contributed by atoms with Crippen LogP contribution in [0.4, 0.5) is 4.39 Å². The second kappa shape index (κ2) is 8.47. The van der Waals surface area contributed by atoms with Gasteiger partial charge in [-0.25, -0.2) is 17.6 Å². The van der Waals surface area contributed by atoms with Crippen molar-refractivity contribution in [3.63, 3.8) is 0 Å². The van der Waals surface area contributed by atoms with E-state index in [0.29, 0.717) is 0 Å². The maximum absolute atomic E-state index is 13.9. The van der Waals surface area contributed by atoms with Crippen molar-refractivity contribution < 1.29 is 36.6 Å². The van der Waals surface area contributed by atoms with Crippen LogP contribution in [-0.4, -0.2) is 57.6 Å². The number of hydrogen-bond donors (Lipinski definition) is 0. The van der Waals surface area contributed by atoms with Gasteiger partial charge in [0.05, 0.1) is 20.8 Å². The molecule has 1 aromatic carbocycles. The topological polar surface area (TPSA) is 99.2 Å². The molecule has 0 aliphatic carbocycles. The van der Waals surface area contributed by atoms with E-state index in [4.69, 9.17) is 9.47 Å². The Labute approximate surface area is 170 Å². The average Bonchev–Trinajstić information content (AvgIpc) is 3.36. The molecule has 0 amide bonds. The molecule has 0 spiro atoms. The highest BCUT2D eigenvalue weighted by Crippen LogP contribution is 2.33. The molecule has 0 unspecified atom stereocenters. The summed E-state index contributed by atoms with van der Waals surface area (Å²) in [5.41, 5.74) is 0. The Morgan fingerprint density at radius 2 is 1.90 bits per heavy atom. The number of thiophene rings is 1. The van der Waals surface area contributed by atoms with E-state index in [9.17, 15) is 22.4 Å². The molecule has 11 heteroatoms. The van der Waals surface area contributed by atoms with Crippen molar-refractivity contribution in [1.82, 2.24) is 4.31 Å². The third-order valence-electron chi connectivity index (χ3n) is 4.41. The lowest BCUT2D eigenvalue weighted by atomic mass is 10.2. The number of rotatable bonds is 6. The first-order valence-corrected chi connectivity index (χ1v) is 10.8.